The van der Waals surface area contributed by atoms with Crippen molar-refractivity contribution in [2.75, 3.05) is 11.9 Å². The molecule has 0 fully saturated rings. The average Bonchev–Trinajstić information content (AvgIpc) is 3.05. The number of ether oxygens (including phenoxy) is 1. The Kier molecular flexibility index (Phi) is 4.37. The molecule has 22 heavy (non-hydrogen) atoms. The summed E-state index contributed by atoms with van der Waals surface area (Å²) in [6.07, 6.45) is 2.87. The highest BCUT2D eigenvalue weighted by atomic mass is 16.5. The Hall–Kier alpha value is -2.36. The molecule has 0 bridgehead atoms. The van der Waals surface area contributed by atoms with Crippen LogP contribution >= 0.6 is 0 Å². The van der Waals surface area contributed by atoms with E-state index in [1.807, 2.05) is 42.5 Å². The van der Waals surface area contributed by atoms with Crippen LogP contribution in [0.2, 0.25) is 0 Å². The van der Waals surface area contributed by atoms with Crippen LogP contribution in [0.4, 0.5) is 11.4 Å². The SMILES string of the molecule is CC[C@H](C)[C@H]1COC(c2ncccc2Nc2ccccc2)=N1. The number of hydrogen-bond donors (Lipinski definition) is 1. The number of anilines is 2. The molecule has 0 amide bonds. The third kappa shape index (κ3) is 3.11. The highest BCUT2D eigenvalue weighted by Crippen LogP contribution is 2.24. The Labute approximate surface area is 131 Å². The molecule has 4 heteroatoms. The summed E-state index contributed by atoms with van der Waals surface area (Å²) in [5, 5.41) is 3.38. The topological polar surface area (TPSA) is 46.5 Å². The Balaban J connectivity index is 1.86. The number of pyridine rings is 1. The molecule has 0 spiro atoms. The summed E-state index contributed by atoms with van der Waals surface area (Å²) in [7, 11) is 0. The fourth-order valence-electron chi connectivity index (χ4n) is 2.44. The monoisotopic (exact) mass is 295 g/mol. The molecule has 3 rings (SSSR count). The molecule has 0 saturated heterocycles. The minimum absolute atomic E-state index is 0.228. The van der Waals surface area contributed by atoms with Gasteiger partial charge in [0.25, 0.3) is 0 Å². The van der Waals surface area contributed by atoms with E-state index < -0.39 is 0 Å². The number of rotatable bonds is 5. The first-order valence-electron chi connectivity index (χ1n) is 7.76. The molecule has 0 saturated carbocycles. The molecule has 114 valence electrons. The number of aliphatic imine (C=N–C) groups is 1. The number of benzene rings is 1. The first-order valence-corrected chi connectivity index (χ1v) is 7.76. The molecule has 2 atom stereocenters. The van der Waals surface area contributed by atoms with Crippen molar-refractivity contribution in [3.8, 4) is 0 Å². The van der Waals surface area contributed by atoms with Gasteiger partial charge in [-0.1, -0.05) is 38.5 Å². The maximum Gasteiger partial charge on any atom is 0.237 e. The second-order valence-corrected chi connectivity index (χ2v) is 5.59. The molecule has 1 N–H and O–H groups in total. The second-order valence-electron chi connectivity index (χ2n) is 5.59. The van der Waals surface area contributed by atoms with Gasteiger partial charge in [0.2, 0.25) is 5.90 Å². The van der Waals surface area contributed by atoms with Crippen molar-refractivity contribution in [2.45, 2.75) is 26.3 Å². The van der Waals surface area contributed by atoms with E-state index in [2.05, 4.69) is 24.1 Å². The van der Waals surface area contributed by atoms with Crippen LogP contribution in [-0.4, -0.2) is 23.5 Å². The summed E-state index contributed by atoms with van der Waals surface area (Å²) in [5.41, 5.74) is 2.71. The van der Waals surface area contributed by atoms with Gasteiger partial charge in [-0.15, -0.1) is 0 Å². The molecular weight excluding hydrogens is 274 g/mol. The lowest BCUT2D eigenvalue weighted by Gasteiger charge is -2.11. The quantitative estimate of drug-likeness (QED) is 0.906. The molecule has 1 aliphatic rings. The van der Waals surface area contributed by atoms with Gasteiger partial charge >= 0.3 is 0 Å². The molecule has 2 heterocycles. The van der Waals surface area contributed by atoms with Gasteiger partial charge in [-0.3, -0.25) is 0 Å². The fourth-order valence-corrected chi connectivity index (χ4v) is 2.44. The van der Waals surface area contributed by atoms with Crippen molar-refractivity contribution in [1.82, 2.24) is 4.98 Å². The normalized spacial score (nSPS) is 18.5. The Bertz CT molecular complexity index is 654. The molecular formula is C18H21N3O. The van der Waals surface area contributed by atoms with Gasteiger partial charge in [-0.2, -0.15) is 0 Å². The first-order chi connectivity index (χ1) is 10.8. The predicted octanol–water partition coefficient (Wildman–Crippen LogP) is 4.02. The standard InChI is InChI=1S/C18H21N3O/c1-3-13(2)16-12-22-18(21-16)17-15(10-7-11-19-17)20-14-8-5-4-6-9-14/h4-11,13,16,20H,3,12H2,1-2H3/t13-,16+/m0/s1. The van der Waals surface area contributed by atoms with Gasteiger partial charge in [-0.05, 0) is 30.2 Å². The van der Waals surface area contributed by atoms with Gasteiger partial charge in [0.1, 0.15) is 12.3 Å². The van der Waals surface area contributed by atoms with Crippen molar-refractivity contribution in [1.29, 1.82) is 0 Å². The van der Waals surface area contributed by atoms with Crippen LogP contribution in [-0.2, 0) is 4.74 Å². The van der Waals surface area contributed by atoms with Crippen LogP contribution < -0.4 is 5.32 Å². The van der Waals surface area contributed by atoms with Crippen molar-refractivity contribution in [3.05, 3.63) is 54.4 Å². The zero-order chi connectivity index (χ0) is 15.4. The second kappa shape index (κ2) is 6.60. The van der Waals surface area contributed by atoms with Crippen LogP contribution in [0.3, 0.4) is 0 Å². The summed E-state index contributed by atoms with van der Waals surface area (Å²) in [6, 6.07) is 14.2. The van der Waals surface area contributed by atoms with Gasteiger partial charge in [0.15, 0.2) is 0 Å². The van der Waals surface area contributed by atoms with Crippen LogP contribution in [0.15, 0.2) is 53.7 Å². The summed E-state index contributed by atoms with van der Waals surface area (Å²) in [6.45, 7) is 5.04. The highest BCUT2D eigenvalue weighted by Gasteiger charge is 2.26. The van der Waals surface area contributed by atoms with Crippen molar-refractivity contribution in [3.63, 3.8) is 0 Å². The van der Waals surface area contributed by atoms with Gasteiger partial charge < -0.3 is 10.1 Å². The van der Waals surface area contributed by atoms with Crippen molar-refractivity contribution in [2.24, 2.45) is 10.9 Å². The Morgan fingerprint density at radius 2 is 2.05 bits per heavy atom. The molecule has 2 aromatic rings. The lowest BCUT2D eigenvalue weighted by Crippen LogP contribution is -2.16. The van der Waals surface area contributed by atoms with Crippen LogP contribution in [0.5, 0.6) is 0 Å². The smallest absolute Gasteiger partial charge is 0.237 e. The highest BCUT2D eigenvalue weighted by molar-refractivity contribution is 5.99. The molecule has 0 aliphatic carbocycles. The summed E-state index contributed by atoms with van der Waals surface area (Å²) in [4.78, 5) is 9.18. The van der Waals surface area contributed by atoms with Gasteiger partial charge in [0.05, 0.1) is 11.7 Å². The molecule has 1 aromatic heterocycles. The van der Waals surface area contributed by atoms with E-state index in [1.54, 1.807) is 6.20 Å². The zero-order valence-electron chi connectivity index (χ0n) is 13.0. The lowest BCUT2D eigenvalue weighted by atomic mass is 10.0. The largest absolute Gasteiger partial charge is 0.474 e. The molecule has 0 radical (unpaired) electrons. The van der Waals surface area contributed by atoms with Crippen LogP contribution in [0, 0.1) is 5.92 Å². The molecule has 1 aromatic carbocycles. The minimum Gasteiger partial charge on any atom is -0.474 e. The molecule has 4 nitrogen and oxygen atoms in total. The van der Waals surface area contributed by atoms with E-state index >= 15 is 0 Å². The summed E-state index contributed by atoms with van der Waals surface area (Å²) < 4.78 is 5.80. The maximum atomic E-state index is 5.80. The van der Waals surface area contributed by atoms with Crippen molar-refractivity contribution < 1.29 is 4.74 Å². The van der Waals surface area contributed by atoms with E-state index in [0.29, 0.717) is 18.4 Å². The molecule has 0 unspecified atom stereocenters. The maximum absolute atomic E-state index is 5.80. The van der Waals surface area contributed by atoms with Gasteiger partial charge in [-0.25, -0.2) is 9.98 Å². The first kappa shape index (κ1) is 14.6. The third-order valence-electron chi connectivity index (χ3n) is 4.04. The number of hydrogen-bond acceptors (Lipinski definition) is 4. The van der Waals surface area contributed by atoms with Crippen molar-refractivity contribution >= 4 is 17.3 Å². The predicted molar refractivity (Wildman–Crippen MR) is 89.7 cm³/mol. The van der Waals surface area contributed by atoms with E-state index in [1.165, 1.54) is 0 Å². The summed E-state index contributed by atoms with van der Waals surface area (Å²) in [5.74, 6) is 1.16. The van der Waals surface area contributed by atoms with E-state index in [-0.39, 0.29) is 6.04 Å². The van der Waals surface area contributed by atoms with E-state index in [0.717, 1.165) is 23.5 Å². The third-order valence-corrected chi connectivity index (χ3v) is 4.04. The number of aromatic nitrogens is 1. The zero-order valence-corrected chi connectivity index (χ0v) is 13.0. The Morgan fingerprint density at radius 1 is 1.23 bits per heavy atom. The Morgan fingerprint density at radius 3 is 2.82 bits per heavy atom. The lowest BCUT2D eigenvalue weighted by molar-refractivity contribution is 0.282. The number of para-hydroxylation sites is 1. The van der Waals surface area contributed by atoms with E-state index in [4.69, 9.17) is 9.73 Å². The number of nitrogens with one attached hydrogen (secondary N) is 1. The fraction of sp³-hybridized carbons (Fsp3) is 0.333. The average molecular weight is 295 g/mol. The van der Waals surface area contributed by atoms with Gasteiger partial charge in [0, 0.05) is 11.9 Å². The van der Waals surface area contributed by atoms with Crippen LogP contribution in [0.25, 0.3) is 0 Å². The number of nitrogens with zero attached hydrogens (tertiary/aromatic N) is 2. The van der Waals surface area contributed by atoms with Crippen LogP contribution in [0.1, 0.15) is 26.0 Å². The minimum atomic E-state index is 0.228. The molecule has 1 aliphatic heterocycles. The summed E-state index contributed by atoms with van der Waals surface area (Å²) >= 11 is 0. The van der Waals surface area contributed by atoms with E-state index in [9.17, 15) is 0 Å².